The molecule has 2 aromatic rings. The number of rotatable bonds is 3. The van der Waals surface area contributed by atoms with Crippen LogP contribution in [-0.2, 0) is 11.8 Å². The third-order valence-corrected chi connectivity index (χ3v) is 2.74. The highest BCUT2D eigenvalue weighted by molar-refractivity contribution is 6.03. The molecule has 1 amide bonds. The van der Waals surface area contributed by atoms with Crippen molar-refractivity contribution in [2.45, 2.75) is 0 Å². The number of amides is 1. The molecular weight excluding hydrogens is 244 g/mol. The lowest BCUT2D eigenvalue weighted by molar-refractivity contribution is 0.0600. The number of anilines is 1. The SMILES string of the molecule is COC(=O)c1ccc(NC(=O)c2cccn2C)cc1. The fraction of sp³-hybridized carbons (Fsp3) is 0.143. The van der Waals surface area contributed by atoms with Crippen LogP contribution in [0.4, 0.5) is 5.69 Å². The van der Waals surface area contributed by atoms with Gasteiger partial charge in [0.05, 0.1) is 12.7 Å². The molecule has 0 fully saturated rings. The van der Waals surface area contributed by atoms with Gasteiger partial charge in [0.25, 0.3) is 5.91 Å². The van der Waals surface area contributed by atoms with Crippen LogP contribution in [0.15, 0.2) is 42.6 Å². The number of esters is 1. The molecule has 5 nitrogen and oxygen atoms in total. The van der Waals surface area contributed by atoms with E-state index in [9.17, 15) is 9.59 Å². The van der Waals surface area contributed by atoms with E-state index in [0.717, 1.165) is 0 Å². The molecule has 1 aromatic heterocycles. The molecule has 1 aromatic carbocycles. The van der Waals surface area contributed by atoms with Crippen molar-refractivity contribution >= 4 is 17.6 Å². The van der Waals surface area contributed by atoms with Gasteiger partial charge in [-0.1, -0.05) is 0 Å². The predicted molar refractivity (Wildman–Crippen MR) is 71.1 cm³/mol. The van der Waals surface area contributed by atoms with E-state index in [0.29, 0.717) is 16.9 Å². The van der Waals surface area contributed by atoms with Crippen LogP contribution in [0.25, 0.3) is 0 Å². The monoisotopic (exact) mass is 258 g/mol. The van der Waals surface area contributed by atoms with Gasteiger partial charge < -0.3 is 14.6 Å². The number of hydrogen-bond donors (Lipinski definition) is 1. The average Bonchev–Trinajstić information content (AvgIpc) is 2.85. The minimum Gasteiger partial charge on any atom is -0.465 e. The Labute approximate surface area is 110 Å². The zero-order valence-corrected chi connectivity index (χ0v) is 10.7. The highest BCUT2D eigenvalue weighted by atomic mass is 16.5. The molecular formula is C14H14N2O3. The maximum absolute atomic E-state index is 11.9. The molecule has 0 saturated heterocycles. The first-order chi connectivity index (χ1) is 9.11. The molecule has 98 valence electrons. The second-order valence-electron chi connectivity index (χ2n) is 4.03. The van der Waals surface area contributed by atoms with Crippen molar-refractivity contribution in [3.8, 4) is 0 Å². The van der Waals surface area contributed by atoms with Crippen LogP contribution < -0.4 is 5.32 Å². The van der Waals surface area contributed by atoms with Crippen molar-refractivity contribution in [3.05, 3.63) is 53.9 Å². The summed E-state index contributed by atoms with van der Waals surface area (Å²) in [5.74, 6) is -0.598. The zero-order chi connectivity index (χ0) is 13.8. The Morgan fingerprint density at radius 2 is 1.84 bits per heavy atom. The van der Waals surface area contributed by atoms with Gasteiger partial charge in [-0.3, -0.25) is 4.79 Å². The molecule has 0 aliphatic heterocycles. The summed E-state index contributed by atoms with van der Waals surface area (Å²) in [6, 6.07) is 10.1. The van der Waals surface area contributed by atoms with Gasteiger partial charge in [-0.2, -0.15) is 0 Å². The molecule has 1 heterocycles. The van der Waals surface area contributed by atoms with Crippen LogP contribution in [0.5, 0.6) is 0 Å². The van der Waals surface area contributed by atoms with Crippen LogP contribution in [-0.4, -0.2) is 23.6 Å². The van der Waals surface area contributed by atoms with Gasteiger partial charge in [0, 0.05) is 18.9 Å². The van der Waals surface area contributed by atoms with E-state index in [1.165, 1.54) is 7.11 Å². The van der Waals surface area contributed by atoms with Crippen molar-refractivity contribution in [1.82, 2.24) is 4.57 Å². The minimum atomic E-state index is -0.402. The number of aromatic nitrogens is 1. The lowest BCUT2D eigenvalue weighted by atomic mass is 10.2. The lowest BCUT2D eigenvalue weighted by Gasteiger charge is -2.06. The Bertz CT molecular complexity index is 599. The van der Waals surface area contributed by atoms with Crippen LogP contribution in [0.1, 0.15) is 20.8 Å². The van der Waals surface area contributed by atoms with Crippen LogP contribution in [0.3, 0.4) is 0 Å². The highest BCUT2D eigenvalue weighted by Gasteiger charge is 2.10. The van der Waals surface area contributed by atoms with Crippen LogP contribution in [0, 0.1) is 0 Å². The number of nitrogens with zero attached hydrogens (tertiary/aromatic N) is 1. The first-order valence-electron chi connectivity index (χ1n) is 5.73. The quantitative estimate of drug-likeness (QED) is 0.857. The topological polar surface area (TPSA) is 60.3 Å². The Balaban J connectivity index is 2.10. The minimum absolute atomic E-state index is 0.196. The number of methoxy groups -OCH3 is 1. The number of carbonyl (C=O) groups is 2. The maximum atomic E-state index is 11.9. The molecule has 2 rings (SSSR count). The second-order valence-corrected chi connectivity index (χ2v) is 4.03. The van der Waals surface area contributed by atoms with E-state index < -0.39 is 5.97 Å². The first-order valence-corrected chi connectivity index (χ1v) is 5.73. The number of ether oxygens (including phenoxy) is 1. The predicted octanol–water partition coefficient (Wildman–Crippen LogP) is 2.06. The van der Waals surface area contributed by atoms with Crippen LogP contribution in [0.2, 0.25) is 0 Å². The third kappa shape index (κ3) is 2.82. The molecule has 0 aliphatic rings. The molecule has 0 atom stereocenters. The largest absolute Gasteiger partial charge is 0.465 e. The Kier molecular flexibility index (Phi) is 3.66. The number of aryl methyl sites for hydroxylation is 1. The second kappa shape index (κ2) is 5.39. The fourth-order valence-electron chi connectivity index (χ4n) is 1.70. The van der Waals surface area contributed by atoms with Crippen molar-refractivity contribution in [3.63, 3.8) is 0 Å². The summed E-state index contributed by atoms with van der Waals surface area (Å²) < 4.78 is 6.34. The fourth-order valence-corrected chi connectivity index (χ4v) is 1.70. The highest BCUT2D eigenvalue weighted by Crippen LogP contribution is 2.12. The van der Waals surface area contributed by atoms with Crippen molar-refractivity contribution in [1.29, 1.82) is 0 Å². The molecule has 0 unspecified atom stereocenters. The standard InChI is InChI=1S/C14H14N2O3/c1-16-9-3-4-12(16)13(17)15-11-7-5-10(6-8-11)14(18)19-2/h3-9H,1-2H3,(H,15,17). The smallest absolute Gasteiger partial charge is 0.337 e. The van der Waals surface area contributed by atoms with Gasteiger partial charge in [0.2, 0.25) is 0 Å². The maximum Gasteiger partial charge on any atom is 0.337 e. The van der Waals surface area contributed by atoms with E-state index in [1.54, 1.807) is 54.2 Å². The van der Waals surface area contributed by atoms with Gasteiger partial charge in [0.15, 0.2) is 0 Å². The molecule has 0 radical (unpaired) electrons. The molecule has 0 aliphatic carbocycles. The summed E-state index contributed by atoms with van der Waals surface area (Å²) in [5.41, 5.74) is 1.63. The molecule has 0 saturated carbocycles. The van der Waals surface area contributed by atoms with E-state index >= 15 is 0 Å². The molecule has 5 heteroatoms. The van der Waals surface area contributed by atoms with E-state index in [1.807, 2.05) is 0 Å². The number of hydrogen-bond acceptors (Lipinski definition) is 3. The van der Waals surface area contributed by atoms with Crippen molar-refractivity contribution < 1.29 is 14.3 Å². The summed E-state index contributed by atoms with van der Waals surface area (Å²) in [5, 5.41) is 2.76. The van der Waals surface area contributed by atoms with Gasteiger partial charge >= 0.3 is 5.97 Å². The van der Waals surface area contributed by atoms with Gasteiger partial charge in [-0.15, -0.1) is 0 Å². The molecule has 0 bridgehead atoms. The lowest BCUT2D eigenvalue weighted by Crippen LogP contribution is -2.15. The molecule has 0 spiro atoms. The summed E-state index contributed by atoms with van der Waals surface area (Å²) in [4.78, 5) is 23.2. The summed E-state index contributed by atoms with van der Waals surface area (Å²) in [6.45, 7) is 0. The van der Waals surface area contributed by atoms with E-state index in [2.05, 4.69) is 10.1 Å². The van der Waals surface area contributed by atoms with Gasteiger partial charge in [0.1, 0.15) is 5.69 Å². The summed E-state index contributed by atoms with van der Waals surface area (Å²) in [6.07, 6.45) is 1.80. The number of nitrogens with one attached hydrogen (secondary N) is 1. The Morgan fingerprint density at radius 3 is 2.37 bits per heavy atom. The Hall–Kier alpha value is -2.56. The van der Waals surface area contributed by atoms with E-state index in [-0.39, 0.29) is 5.91 Å². The summed E-state index contributed by atoms with van der Waals surface area (Å²) >= 11 is 0. The molecule has 19 heavy (non-hydrogen) atoms. The van der Waals surface area contributed by atoms with Crippen LogP contribution >= 0.6 is 0 Å². The third-order valence-electron chi connectivity index (χ3n) is 2.74. The van der Waals surface area contributed by atoms with Crippen molar-refractivity contribution in [2.24, 2.45) is 7.05 Å². The van der Waals surface area contributed by atoms with Crippen molar-refractivity contribution in [2.75, 3.05) is 12.4 Å². The first kappa shape index (κ1) is 12.9. The van der Waals surface area contributed by atoms with Gasteiger partial charge in [-0.25, -0.2) is 4.79 Å². The van der Waals surface area contributed by atoms with Gasteiger partial charge in [-0.05, 0) is 36.4 Å². The zero-order valence-electron chi connectivity index (χ0n) is 10.7. The number of benzene rings is 1. The number of carbonyl (C=O) groups excluding carboxylic acids is 2. The van der Waals surface area contributed by atoms with E-state index in [4.69, 9.17) is 0 Å². The average molecular weight is 258 g/mol. The summed E-state index contributed by atoms with van der Waals surface area (Å²) in [7, 11) is 3.13. The normalized spacial score (nSPS) is 10.0. The molecule has 1 N–H and O–H groups in total. The Morgan fingerprint density at radius 1 is 1.16 bits per heavy atom.